The van der Waals surface area contributed by atoms with Crippen LogP contribution in [0.3, 0.4) is 0 Å². The van der Waals surface area contributed by atoms with Crippen molar-refractivity contribution in [3.05, 3.63) is 114 Å². The van der Waals surface area contributed by atoms with E-state index >= 15 is 0 Å². The number of hydrogen-bond acceptors (Lipinski definition) is 4. The fourth-order valence-electron chi connectivity index (χ4n) is 4.44. The van der Waals surface area contributed by atoms with E-state index in [1.807, 2.05) is 66.7 Å². The van der Waals surface area contributed by atoms with Crippen LogP contribution in [0.2, 0.25) is 0 Å². The molecule has 2 heterocycles. The molecule has 1 aromatic heterocycles. The first-order valence-corrected chi connectivity index (χ1v) is 12.5. The van der Waals surface area contributed by atoms with Gasteiger partial charge in [0, 0.05) is 18.3 Å². The highest BCUT2D eigenvalue weighted by molar-refractivity contribution is 6.01. The number of nitrogens with one attached hydrogen (secondary N) is 1. The minimum absolute atomic E-state index is 0.0172. The molecule has 0 fully saturated rings. The molecule has 0 saturated heterocycles. The smallest absolute Gasteiger partial charge is 0.407 e. The number of unbranched alkanes of at least 4 members (excludes halogenated alkanes) is 1. The fourth-order valence-corrected chi connectivity index (χ4v) is 4.44. The molecule has 182 valence electrons. The van der Waals surface area contributed by atoms with Gasteiger partial charge in [0.1, 0.15) is 18.5 Å². The van der Waals surface area contributed by atoms with Gasteiger partial charge in [-0.15, -0.1) is 0 Å². The standard InChI is InChI=1S/C30H30N4O2/c35-30(36-22-23-12-4-1-5-13-23)31-19-11-10-18-26-29-33-28(25-16-8-3-9-17-25)21-34(29)20-27(32-26)24-14-6-2-7-15-24/h1-9,12-17,21,26H,10-11,18-20,22H2,(H,31,35). The van der Waals surface area contributed by atoms with E-state index in [-0.39, 0.29) is 18.7 Å². The van der Waals surface area contributed by atoms with E-state index in [4.69, 9.17) is 14.7 Å². The number of rotatable bonds is 9. The molecular formula is C30H30N4O2. The van der Waals surface area contributed by atoms with Gasteiger partial charge in [-0.25, -0.2) is 9.78 Å². The van der Waals surface area contributed by atoms with Gasteiger partial charge in [0.05, 0.1) is 18.0 Å². The Kier molecular flexibility index (Phi) is 7.52. The molecular weight excluding hydrogens is 448 g/mol. The fraction of sp³-hybridized carbons (Fsp3) is 0.233. The summed E-state index contributed by atoms with van der Waals surface area (Å²) in [6.07, 6.45) is 4.38. The average molecular weight is 479 g/mol. The highest BCUT2D eigenvalue weighted by Crippen LogP contribution is 2.31. The molecule has 0 spiro atoms. The average Bonchev–Trinajstić information content (AvgIpc) is 3.38. The summed E-state index contributed by atoms with van der Waals surface area (Å²) in [7, 11) is 0. The van der Waals surface area contributed by atoms with Crippen molar-refractivity contribution in [1.82, 2.24) is 14.9 Å². The van der Waals surface area contributed by atoms with Crippen molar-refractivity contribution < 1.29 is 9.53 Å². The van der Waals surface area contributed by atoms with Crippen molar-refractivity contribution in [2.75, 3.05) is 6.54 Å². The molecule has 5 rings (SSSR count). The summed E-state index contributed by atoms with van der Waals surface area (Å²) in [4.78, 5) is 22.1. The number of nitrogens with zero attached hydrogens (tertiary/aromatic N) is 3. The van der Waals surface area contributed by atoms with Gasteiger partial charge in [0.2, 0.25) is 0 Å². The van der Waals surface area contributed by atoms with Crippen LogP contribution in [0.1, 0.15) is 42.3 Å². The maximum atomic E-state index is 12.0. The summed E-state index contributed by atoms with van der Waals surface area (Å²) >= 11 is 0. The lowest BCUT2D eigenvalue weighted by Crippen LogP contribution is -2.25. The van der Waals surface area contributed by atoms with Crippen LogP contribution in [0.15, 0.2) is 102 Å². The molecule has 0 saturated carbocycles. The molecule has 1 N–H and O–H groups in total. The molecule has 4 aromatic rings. The normalized spacial score (nSPS) is 14.6. The Morgan fingerprint density at radius 3 is 2.28 bits per heavy atom. The summed E-state index contributed by atoms with van der Waals surface area (Å²) in [5, 5.41) is 2.85. The van der Waals surface area contributed by atoms with Crippen molar-refractivity contribution in [2.45, 2.75) is 38.5 Å². The van der Waals surface area contributed by atoms with Crippen LogP contribution in [0.25, 0.3) is 11.3 Å². The van der Waals surface area contributed by atoms with E-state index in [2.05, 4.69) is 40.3 Å². The number of imidazole rings is 1. The molecule has 6 nitrogen and oxygen atoms in total. The first-order valence-electron chi connectivity index (χ1n) is 12.5. The summed E-state index contributed by atoms with van der Waals surface area (Å²) in [5.41, 5.74) is 5.28. The van der Waals surface area contributed by atoms with Gasteiger partial charge in [0.15, 0.2) is 0 Å². The molecule has 6 heteroatoms. The third kappa shape index (κ3) is 5.89. The number of alkyl carbamates (subject to hydrolysis) is 1. The third-order valence-electron chi connectivity index (χ3n) is 6.30. The van der Waals surface area contributed by atoms with Gasteiger partial charge in [-0.05, 0) is 30.4 Å². The zero-order valence-electron chi connectivity index (χ0n) is 20.2. The monoisotopic (exact) mass is 478 g/mol. The van der Waals surface area contributed by atoms with Gasteiger partial charge in [-0.3, -0.25) is 4.99 Å². The number of carbonyl (C=O) groups excluding carboxylic acids is 1. The molecule has 1 atom stereocenters. The molecule has 1 aliphatic rings. The highest BCUT2D eigenvalue weighted by Gasteiger charge is 2.25. The van der Waals surface area contributed by atoms with E-state index in [1.165, 1.54) is 0 Å². The number of ether oxygens (including phenoxy) is 1. The molecule has 0 bridgehead atoms. The SMILES string of the molecule is O=C(NCCCCC1N=C(c2ccccc2)Cn2cc(-c3ccccc3)nc21)OCc1ccccc1. The van der Waals surface area contributed by atoms with Crippen LogP contribution in [0, 0.1) is 0 Å². The number of aromatic nitrogens is 2. The number of benzene rings is 3. The number of fused-ring (bicyclic) bond motifs is 1. The second-order valence-electron chi connectivity index (χ2n) is 8.92. The van der Waals surface area contributed by atoms with Crippen molar-refractivity contribution in [2.24, 2.45) is 4.99 Å². The number of carbonyl (C=O) groups is 1. The summed E-state index contributed by atoms with van der Waals surface area (Å²) < 4.78 is 7.53. The maximum absolute atomic E-state index is 12.0. The summed E-state index contributed by atoms with van der Waals surface area (Å²) in [6.45, 7) is 1.56. The Hall–Kier alpha value is -4.19. The van der Waals surface area contributed by atoms with Gasteiger partial charge in [0.25, 0.3) is 0 Å². The van der Waals surface area contributed by atoms with Crippen LogP contribution < -0.4 is 5.32 Å². The minimum atomic E-state index is -0.385. The quantitative estimate of drug-likeness (QED) is 0.292. The Balaban J connectivity index is 1.20. The van der Waals surface area contributed by atoms with Gasteiger partial charge in [-0.1, -0.05) is 91.0 Å². The first-order chi connectivity index (χ1) is 17.8. The van der Waals surface area contributed by atoms with Crippen molar-refractivity contribution in [1.29, 1.82) is 0 Å². The largest absolute Gasteiger partial charge is 0.445 e. The maximum Gasteiger partial charge on any atom is 0.407 e. The zero-order chi connectivity index (χ0) is 24.6. The van der Waals surface area contributed by atoms with Gasteiger partial charge >= 0.3 is 6.09 Å². The van der Waals surface area contributed by atoms with Gasteiger partial charge in [-0.2, -0.15) is 0 Å². The first kappa shape index (κ1) is 23.5. The lowest BCUT2D eigenvalue weighted by atomic mass is 10.0. The molecule has 1 amide bonds. The Morgan fingerprint density at radius 1 is 0.889 bits per heavy atom. The molecule has 36 heavy (non-hydrogen) atoms. The van der Waals surface area contributed by atoms with E-state index in [1.54, 1.807) is 0 Å². The molecule has 1 aliphatic heterocycles. The number of amides is 1. The van der Waals surface area contributed by atoms with E-state index in [9.17, 15) is 4.79 Å². The van der Waals surface area contributed by atoms with E-state index in [0.717, 1.165) is 53.2 Å². The predicted molar refractivity (Wildman–Crippen MR) is 142 cm³/mol. The van der Waals surface area contributed by atoms with Crippen molar-refractivity contribution in [3.63, 3.8) is 0 Å². The lowest BCUT2D eigenvalue weighted by molar-refractivity contribution is 0.139. The van der Waals surface area contributed by atoms with Crippen LogP contribution in [0.5, 0.6) is 0 Å². The van der Waals surface area contributed by atoms with Crippen molar-refractivity contribution >= 4 is 11.8 Å². The molecule has 0 aliphatic carbocycles. The van der Waals surface area contributed by atoms with Crippen LogP contribution in [0.4, 0.5) is 4.79 Å². The van der Waals surface area contributed by atoms with Crippen LogP contribution in [-0.4, -0.2) is 27.9 Å². The Labute approximate surface area is 211 Å². The van der Waals surface area contributed by atoms with E-state index in [0.29, 0.717) is 13.1 Å². The second-order valence-corrected chi connectivity index (χ2v) is 8.92. The Bertz CT molecular complexity index is 1300. The third-order valence-corrected chi connectivity index (χ3v) is 6.30. The molecule has 1 unspecified atom stereocenters. The second kappa shape index (κ2) is 11.5. The topological polar surface area (TPSA) is 68.5 Å². The van der Waals surface area contributed by atoms with Gasteiger partial charge < -0.3 is 14.6 Å². The number of aliphatic imine (C=N–C) groups is 1. The lowest BCUT2D eigenvalue weighted by Gasteiger charge is -2.22. The summed E-state index contributed by atoms with van der Waals surface area (Å²) in [6, 6.07) is 30.3. The Morgan fingerprint density at radius 2 is 1.56 bits per heavy atom. The zero-order valence-corrected chi connectivity index (χ0v) is 20.2. The molecule has 3 aromatic carbocycles. The molecule has 0 radical (unpaired) electrons. The highest BCUT2D eigenvalue weighted by atomic mass is 16.5. The van der Waals surface area contributed by atoms with Crippen molar-refractivity contribution in [3.8, 4) is 11.3 Å². The van der Waals surface area contributed by atoms with Crippen LogP contribution in [-0.2, 0) is 17.9 Å². The summed E-state index contributed by atoms with van der Waals surface area (Å²) in [5.74, 6) is 1.00. The predicted octanol–water partition coefficient (Wildman–Crippen LogP) is 6.19. The van der Waals surface area contributed by atoms with Crippen LogP contribution >= 0.6 is 0 Å². The minimum Gasteiger partial charge on any atom is -0.445 e. The number of hydrogen-bond donors (Lipinski definition) is 1. The van der Waals surface area contributed by atoms with E-state index < -0.39 is 0 Å².